The van der Waals surface area contributed by atoms with Gasteiger partial charge in [-0.25, -0.2) is 4.79 Å². The van der Waals surface area contributed by atoms with Gasteiger partial charge in [0.1, 0.15) is 0 Å². The van der Waals surface area contributed by atoms with Crippen LogP contribution in [0.2, 0.25) is 5.02 Å². The van der Waals surface area contributed by atoms with Crippen LogP contribution in [0, 0.1) is 5.92 Å². The summed E-state index contributed by atoms with van der Waals surface area (Å²) < 4.78 is 7.06. The summed E-state index contributed by atoms with van der Waals surface area (Å²) in [6.07, 6.45) is 0. The Bertz CT molecular complexity index is 794. The molecular weight excluding hydrogens is 390 g/mol. The number of methoxy groups -OCH3 is 1. The summed E-state index contributed by atoms with van der Waals surface area (Å²) in [5, 5.41) is 11.3. The van der Waals surface area contributed by atoms with Gasteiger partial charge in [-0.15, -0.1) is 10.2 Å². The Kier molecular flexibility index (Phi) is 7.64. The molecule has 146 valence electrons. The standard InChI is InChI=1S/C17H22ClN5O3S/c1-10(2)13(15(24)20-16(19)25)27-17-22-21-14(23(17)8-9-26-3)11-4-6-12(18)7-5-11/h4-7,10,13H,8-9H2,1-3H3,(H3,19,20,24,25). The van der Waals surface area contributed by atoms with Crippen LogP contribution in [0.5, 0.6) is 0 Å². The van der Waals surface area contributed by atoms with Crippen LogP contribution in [0.1, 0.15) is 13.8 Å². The van der Waals surface area contributed by atoms with Crippen molar-refractivity contribution in [2.24, 2.45) is 11.7 Å². The van der Waals surface area contributed by atoms with E-state index in [2.05, 4.69) is 15.5 Å². The number of nitrogens with two attached hydrogens (primary N) is 1. The Hall–Kier alpha value is -2.10. The molecule has 27 heavy (non-hydrogen) atoms. The highest BCUT2D eigenvalue weighted by molar-refractivity contribution is 8.00. The first-order valence-electron chi connectivity index (χ1n) is 8.28. The number of hydrogen-bond donors (Lipinski definition) is 2. The number of imide groups is 1. The Morgan fingerprint density at radius 2 is 1.96 bits per heavy atom. The number of amides is 3. The SMILES string of the molecule is COCCn1c(SC(C(=O)NC(N)=O)C(C)C)nnc1-c1ccc(Cl)cc1. The van der Waals surface area contributed by atoms with Crippen molar-refractivity contribution in [3.05, 3.63) is 29.3 Å². The highest BCUT2D eigenvalue weighted by Crippen LogP contribution is 2.30. The minimum Gasteiger partial charge on any atom is -0.383 e. The molecule has 0 aliphatic carbocycles. The van der Waals surface area contributed by atoms with E-state index in [-0.39, 0.29) is 5.92 Å². The molecule has 0 fully saturated rings. The lowest BCUT2D eigenvalue weighted by Crippen LogP contribution is -2.42. The van der Waals surface area contributed by atoms with Crippen LogP contribution < -0.4 is 11.1 Å². The minimum atomic E-state index is -0.881. The van der Waals surface area contributed by atoms with Crippen LogP contribution in [0.3, 0.4) is 0 Å². The predicted molar refractivity (Wildman–Crippen MR) is 105 cm³/mol. The number of benzene rings is 1. The number of nitrogens with zero attached hydrogens (tertiary/aromatic N) is 3. The highest BCUT2D eigenvalue weighted by Gasteiger charge is 2.27. The van der Waals surface area contributed by atoms with Crippen LogP contribution in [-0.4, -0.2) is 45.7 Å². The molecule has 0 spiro atoms. The summed E-state index contributed by atoms with van der Waals surface area (Å²) >= 11 is 7.19. The zero-order valence-corrected chi connectivity index (χ0v) is 16.9. The molecule has 2 rings (SSSR count). The number of ether oxygens (including phenoxy) is 1. The van der Waals surface area contributed by atoms with Gasteiger partial charge in [-0.3, -0.25) is 14.7 Å². The predicted octanol–water partition coefficient (Wildman–Crippen LogP) is 2.56. The van der Waals surface area contributed by atoms with Gasteiger partial charge < -0.3 is 10.5 Å². The van der Waals surface area contributed by atoms with E-state index in [0.29, 0.717) is 29.2 Å². The molecule has 0 saturated carbocycles. The number of halogens is 1. The van der Waals surface area contributed by atoms with Crippen LogP contribution >= 0.6 is 23.4 Å². The first-order valence-corrected chi connectivity index (χ1v) is 9.54. The van der Waals surface area contributed by atoms with Gasteiger partial charge in [0.15, 0.2) is 11.0 Å². The van der Waals surface area contributed by atoms with Crippen LogP contribution in [0.25, 0.3) is 11.4 Å². The molecule has 1 unspecified atom stereocenters. The van der Waals surface area contributed by atoms with Crippen LogP contribution in [0.15, 0.2) is 29.4 Å². The number of urea groups is 1. The quantitative estimate of drug-likeness (QED) is 0.645. The van der Waals surface area contributed by atoms with Crippen molar-refractivity contribution in [2.45, 2.75) is 30.8 Å². The molecule has 10 heteroatoms. The Morgan fingerprint density at radius 1 is 1.30 bits per heavy atom. The molecule has 3 N–H and O–H groups in total. The number of primary amides is 1. The molecule has 1 atom stereocenters. The third-order valence-corrected chi connectivity index (χ3v) is 5.46. The van der Waals surface area contributed by atoms with E-state index in [1.54, 1.807) is 19.2 Å². The Morgan fingerprint density at radius 3 is 2.52 bits per heavy atom. The first kappa shape index (κ1) is 21.2. The van der Waals surface area contributed by atoms with Gasteiger partial charge in [0.2, 0.25) is 5.91 Å². The van der Waals surface area contributed by atoms with E-state index in [1.807, 2.05) is 30.5 Å². The number of thioether (sulfide) groups is 1. The van der Waals surface area contributed by atoms with Crippen molar-refractivity contribution >= 4 is 35.3 Å². The van der Waals surface area contributed by atoms with Crippen molar-refractivity contribution in [2.75, 3.05) is 13.7 Å². The molecule has 8 nitrogen and oxygen atoms in total. The maximum absolute atomic E-state index is 12.3. The van der Waals surface area contributed by atoms with Crippen LogP contribution in [0.4, 0.5) is 4.79 Å². The van der Waals surface area contributed by atoms with Gasteiger partial charge in [-0.05, 0) is 30.2 Å². The normalized spacial score (nSPS) is 12.2. The van der Waals surface area contributed by atoms with E-state index in [4.69, 9.17) is 22.1 Å². The molecule has 1 aromatic carbocycles. The fraction of sp³-hybridized carbons (Fsp3) is 0.412. The molecular formula is C17H22ClN5O3S. The monoisotopic (exact) mass is 411 g/mol. The Labute approximate surface area is 166 Å². The van der Waals surface area contributed by atoms with Crippen molar-refractivity contribution in [1.29, 1.82) is 0 Å². The third kappa shape index (κ3) is 5.69. The lowest BCUT2D eigenvalue weighted by atomic mass is 10.1. The van der Waals surface area contributed by atoms with Gasteiger partial charge in [0.25, 0.3) is 0 Å². The van der Waals surface area contributed by atoms with Crippen LogP contribution in [-0.2, 0) is 16.1 Å². The Balaban J connectivity index is 2.35. The van der Waals surface area contributed by atoms with Crippen molar-refractivity contribution in [1.82, 2.24) is 20.1 Å². The van der Waals surface area contributed by atoms with Crippen molar-refractivity contribution in [3.8, 4) is 11.4 Å². The molecule has 0 radical (unpaired) electrons. The summed E-state index contributed by atoms with van der Waals surface area (Å²) in [7, 11) is 1.61. The maximum atomic E-state index is 12.3. The molecule has 1 aromatic heterocycles. The summed E-state index contributed by atoms with van der Waals surface area (Å²) in [5.74, 6) is 0.127. The molecule has 0 aliphatic heterocycles. The molecule has 2 aromatic rings. The third-order valence-electron chi connectivity index (χ3n) is 3.68. The zero-order chi connectivity index (χ0) is 20.0. The van der Waals surface area contributed by atoms with Gasteiger partial charge in [-0.1, -0.05) is 37.2 Å². The average molecular weight is 412 g/mol. The summed E-state index contributed by atoms with van der Waals surface area (Å²) in [5.41, 5.74) is 5.92. The lowest BCUT2D eigenvalue weighted by Gasteiger charge is -2.19. The topological polar surface area (TPSA) is 112 Å². The van der Waals surface area contributed by atoms with E-state index >= 15 is 0 Å². The van der Waals surface area contributed by atoms with E-state index < -0.39 is 17.2 Å². The number of aromatic nitrogens is 3. The van der Waals surface area contributed by atoms with Gasteiger partial charge in [0, 0.05) is 17.7 Å². The second-order valence-corrected chi connectivity index (χ2v) is 7.64. The number of rotatable bonds is 8. The van der Waals surface area contributed by atoms with Gasteiger partial charge in [0.05, 0.1) is 18.4 Å². The van der Waals surface area contributed by atoms with E-state index in [0.717, 1.165) is 5.56 Å². The summed E-state index contributed by atoms with van der Waals surface area (Å²) in [4.78, 5) is 23.3. The smallest absolute Gasteiger partial charge is 0.318 e. The molecule has 1 heterocycles. The zero-order valence-electron chi connectivity index (χ0n) is 15.3. The number of hydrogen-bond acceptors (Lipinski definition) is 6. The van der Waals surface area contributed by atoms with E-state index in [1.165, 1.54) is 11.8 Å². The first-order chi connectivity index (χ1) is 12.8. The molecule has 0 saturated heterocycles. The van der Waals surface area contributed by atoms with Crippen molar-refractivity contribution in [3.63, 3.8) is 0 Å². The second kappa shape index (κ2) is 9.72. The number of carbonyl (C=O) groups is 2. The molecule has 0 aliphatic rings. The van der Waals surface area contributed by atoms with Crippen molar-refractivity contribution < 1.29 is 14.3 Å². The fourth-order valence-corrected chi connectivity index (χ4v) is 3.56. The number of carbonyl (C=O) groups excluding carboxylic acids is 2. The molecule has 0 bridgehead atoms. The lowest BCUT2D eigenvalue weighted by molar-refractivity contribution is -0.120. The second-order valence-electron chi connectivity index (χ2n) is 6.09. The largest absolute Gasteiger partial charge is 0.383 e. The minimum absolute atomic E-state index is 0.0547. The molecule has 3 amide bonds. The van der Waals surface area contributed by atoms with Gasteiger partial charge in [-0.2, -0.15) is 0 Å². The van der Waals surface area contributed by atoms with Gasteiger partial charge >= 0.3 is 6.03 Å². The maximum Gasteiger partial charge on any atom is 0.318 e. The average Bonchev–Trinajstić information content (AvgIpc) is 3.00. The summed E-state index contributed by atoms with van der Waals surface area (Å²) in [6, 6.07) is 6.37. The summed E-state index contributed by atoms with van der Waals surface area (Å²) in [6.45, 7) is 4.72. The fourth-order valence-electron chi connectivity index (χ4n) is 2.37. The van der Waals surface area contributed by atoms with E-state index in [9.17, 15) is 9.59 Å². The highest BCUT2D eigenvalue weighted by atomic mass is 35.5. The number of nitrogens with one attached hydrogen (secondary N) is 1.